The summed E-state index contributed by atoms with van der Waals surface area (Å²) in [6.07, 6.45) is 4.43. The van der Waals surface area contributed by atoms with E-state index in [0.29, 0.717) is 60.8 Å². The Labute approximate surface area is 156 Å². The standard InChI is InChI=1S/C17H21ClN4O4/c1-11-21-15(26-22-11)3-2-6-19-16(23)12-9-14(18)17(20-10-12)25-13-4-7-24-8-5-13/h9-10,13H,2-8H2,1H3,(H,19,23). The van der Waals surface area contributed by atoms with Crippen LogP contribution in [0.25, 0.3) is 0 Å². The molecule has 9 heteroatoms. The molecule has 3 rings (SSSR count). The second kappa shape index (κ2) is 8.95. The van der Waals surface area contributed by atoms with Crippen molar-refractivity contribution in [2.24, 2.45) is 0 Å². The van der Waals surface area contributed by atoms with Gasteiger partial charge in [0, 0.05) is 32.0 Å². The monoisotopic (exact) mass is 380 g/mol. The third kappa shape index (κ3) is 5.15. The SMILES string of the molecule is Cc1noc(CCCNC(=O)c2cnc(OC3CCOCC3)c(Cl)c2)n1. The maximum atomic E-state index is 12.2. The van der Waals surface area contributed by atoms with Crippen LogP contribution in [0.4, 0.5) is 0 Å². The Morgan fingerprint density at radius 3 is 2.92 bits per heavy atom. The van der Waals surface area contributed by atoms with E-state index in [1.165, 1.54) is 6.20 Å². The van der Waals surface area contributed by atoms with Gasteiger partial charge in [0.15, 0.2) is 5.82 Å². The van der Waals surface area contributed by atoms with Gasteiger partial charge < -0.3 is 19.3 Å². The first kappa shape index (κ1) is 18.6. The number of rotatable bonds is 7. The Morgan fingerprint density at radius 1 is 1.42 bits per heavy atom. The van der Waals surface area contributed by atoms with E-state index in [2.05, 4.69) is 20.4 Å². The average molecular weight is 381 g/mol. The van der Waals surface area contributed by atoms with Gasteiger partial charge in [-0.25, -0.2) is 4.98 Å². The summed E-state index contributed by atoms with van der Waals surface area (Å²) in [5.74, 6) is 1.28. The van der Waals surface area contributed by atoms with Crippen LogP contribution in [0.2, 0.25) is 5.02 Å². The summed E-state index contributed by atoms with van der Waals surface area (Å²) in [5.41, 5.74) is 0.392. The average Bonchev–Trinajstić information content (AvgIpc) is 3.06. The van der Waals surface area contributed by atoms with E-state index in [4.69, 9.17) is 25.6 Å². The van der Waals surface area contributed by atoms with Crippen LogP contribution in [0.3, 0.4) is 0 Å². The molecule has 1 N–H and O–H groups in total. The normalized spacial score (nSPS) is 15.0. The highest BCUT2D eigenvalue weighted by Crippen LogP contribution is 2.25. The highest BCUT2D eigenvalue weighted by atomic mass is 35.5. The second-order valence-corrected chi connectivity index (χ2v) is 6.44. The van der Waals surface area contributed by atoms with Crippen LogP contribution in [0, 0.1) is 6.92 Å². The first-order valence-corrected chi connectivity index (χ1v) is 8.97. The van der Waals surface area contributed by atoms with Crippen LogP contribution < -0.4 is 10.1 Å². The van der Waals surface area contributed by atoms with Crippen LogP contribution in [0.5, 0.6) is 5.88 Å². The van der Waals surface area contributed by atoms with Crippen LogP contribution in [0.15, 0.2) is 16.8 Å². The molecule has 1 amide bonds. The number of ether oxygens (including phenoxy) is 2. The Hall–Kier alpha value is -2.19. The lowest BCUT2D eigenvalue weighted by atomic mass is 10.1. The smallest absolute Gasteiger partial charge is 0.252 e. The van der Waals surface area contributed by atoms with Gasteiger partial charge >= 0.3 is 0 Å². The maximum absolute atomic E-state index is 12.2. The molecule has 1 saturated heterocycles. The van der Waals surface area contributed by atoms with E-state index >= 15 is 0 Å². The molecule has 1 aliphatic rings. The summed E-state index contributed by atoms with van der Waals surface area (Å²) in [6.45, 7) is 3.59. The van der Waals surface area contributed by atoms with Crippen molar-refractivity contribution >= 4 is 17.5 Å². The topological polar surface area (TPSA) is 99.4 Å². The van der Waals surface area contributed by atoms with E-state index in [1.54, 1.807) is 13.0 Å². The number of pyridine rings is 1. The molecule has 0 spiro atoms. The molecule has 2 aromatic heterocycles. The van der Waals surface area contributed by atoms with E-state index in [-0.39, 0.29) is 12.0 Å². The van der Waals surface area contributed by atoms with Gasteiger partial charge in [-0.2, -0.15) is 4.98 Å². The largest absolute Gasteiger partial charge is 0.473 e. The highest BCUT2D eigenvalue weighted by Gasteiger charge is 2.18. The summed E-state index contributed by atoms with van der Waals surface area (Å²) in [7, 11) is 0. The van der Waals surface area contributed by atoms with Gasteiger partial charge in [-0.05, 0) is 19.4 Å². The van der Waals surface area contributed by atoms with Crippen LogP contribution in [-0.4, -0.2) is 46.9 Å². The van der Waals surface area contributed by atoms with Crippen molar-refractivity contribution in [3.8, 4) is 5.88 Å². The lowest BCUT2D eigenvalue weighted by molar-refractivity contribution is 0.0238. The minimum atomic E-state index is -0.237. The lowest BCUT2D eigenvalue weighted by Gasteiger charge is -2.23. The van der Waals surface area contributed by atoms with Gasteiger partial charge in [0.2, 0.25) is 11.8 Å². The molecule has 0 atom stereocenters. The van der Waals surface area contributed by atoms with Crippen molar-refractivity contribution < 1.29 is 18.8 Å². The fourth-order valence-corrected chi connectivity index (χ4v) is 2.78. The quantitative estimate of drug-likeness (QED) is 0.736. The molecule has 0 bridgehead atoms. The number of aryl methyl sites for hydroxylation is 2. The van der Waals surface area contributed by atoms with Crippen molar-refractivity contribution in [2.75, 3.05) is 19.8 Å². The molecule has 0 unspecified atom stereocenters. The number of hydrogen-bond donors (Lipinski definition) is 1. The van der Waals surface area contributed by atoms with Gasteiger partial charge in [0.05, 0.1) is 18.8 Å². The molecule has 0 saturated carbocycles. The fourth-order valence-electron chi connectivity index (χ4n) is 2.57. The Morgan fingerprint density at radius 2 is 2.23 bits per heavy atom. The molecule has 0 aromatic carbocycles. The number of hydrogen-bond acceptors (Lipinski definition) is 7. The Bertz CT molecular complexity index is 746. The summed E-state index contributed by atoms with van der Waals surface area (Å²) >= 11 is 6.21. The van der Waals surface area contributed by atoms with Crippen molar-refractivity contribution in [3.05, 3.63) is 34.6 Å². The molecular formula is C17H21ClN4O4. The summed E-state index contributed by atoms with van der Waals surface area (Å²) in [4.78, 5) is 20.5. The van der Waals surface area contributed by atoms with E-state index in [1.807, 2.05) is 0 Å². The number of halogens is 1. The molecular weight excluding hydrogens is 360 g/mol. The van der Waals surface area contributed by atoms with Crippen LogP contribution in [0.1, 0.15) is 41.3 Å². The van der Waals surface area contributed by atoms with E-state index in [9.17, 15) is 4.79 Å². The second-order valence-electron chi connectivity index (χ2n) is 6.04. The number of amides is 1. The first-order valence-electron chi connectivity index (χ1n) is 8.59. The van der Waals surface area contributed by atoms with E-state index < -0.39 is 0 Å². The van der Waals surface area contributed by atoms with Gasteiger partial charge in [0.1, 0.15) is 11.1 Å². The molecule has 3 heterocycles. The minimum absolute atomic E-state index is 0.0433. The number of nitrogens with zero attached hydrogens (tertiary/aromatic N) is 3. The summed E-state index contributed by atoms with van der Waals surface area (Å²) in [6, 6.07) is 1.57. The van der Waals surface area contributed by atoms with Crippen molar-refractivity contribution in [1.29, 1.82) is 0 Å². The minimum Gasteiger partial charge on any atom is -0.473 e. The highest BCUT2D eigenvalue weighted by molar-refractivity contribution is 6.32. The Kier molecular flexibility index (Phi) is 6.40. The Balaban J connectivity index is 1.47. The zero-order valence-corrected chi connectivity index (χ0v) is 15.3. The third-order valence-corrected chi connectivity index (χ3v) is 4.21. The zero-order valence-electron chi connectivity index (χ0n) is 14.5. The van der Waals surface area contributed by atoms with Crippen molar-refractivity contribution in [1.82, 2.24) is 20.4 Å². The van der Waals surface area contributed by atoms with Crippen LogP contribution >= 0.6 is 11.6 Å². The number of nitrogens with one attached hydrogen (secondary N) is 1. The molecule has 0 radical (unpaired) electrons. The molecule has 2 aromatic rings. The molecule has 8 nitrogen and oxygen atoms in total. The number of carbonyl (C=O) groups excluding carboxylic acids is 1. The molecule has 0 aliphatic carbocycles. The predicted octanol–water partition coefficient (Wildman–Crippen LogP) is 2.35. The summed E-state index contributed by atoms with van der Waals surface area (Å²) < 4.78 is 16.1. The summed E-state index contributed by atoms with van der Waals surface area (Å²) in [5, 5.41) is 6.87. The van der Waals surface area contributed by atoms with Gasteiger partial charge in [0.25, 0.3) is 5.91 Å². The number of aromatic nitrogens is 3. The van der Waals surface area contributed by atoms with E-state index in [0.717, 1.165) is 12.8 Å². The molecule has 1 fully saturated rings. The fraction of sp³-hybridized carbons (Fsp3) is 0.529. The molecule has 140 valence electrons. The number of carbonyl (C=O) groups is 1. The first-order chi connectivity index (χ1) is 12.6. The molecule has 1 aliphatic heterocycles. The lowest BCUT2D eigenvalue weighted by Crippen LogP contribution is -2.27. The third-order valence-electron chi connectivity index (χ3n) is 3.94. The van der Waals surface area contributed by atoms with Gasteiger partial charge in [-0.3, -0.25) is 4.79 Å². The maximum Gasteiger partial charge on any atom is 0.252 e. The van der Waals surface area contributed by atoms with Crippen molar-refractivity contribution in [2.45, 2.75) is 38.7 Å². The van der Waals surface area contributed by atoms with Crippen molar-refractivity contribution in [3.63, 3.8) is 0 Å². The van der Waals surface area contributed by atoms with Gasteiger partial charge in [-0.1, -0.05) is 16.8 Å². The molecule has 26 heavy (non-hydrogen) atoms. The van der Waals surface area contributed by atoms with Gasteiger partial charge in [-0.15, -0.1) is 0 Å². The van der Waals surface area contributed by atoms with Crippen LogP contribution in [-0.2, 0) is 11.2 Å². The zero-order chi connectivity index (χ0) is 18.4. The predicted molar refractivity (Wildman–Crippen MR) is 93.4 cm³/mol.